The van der Waals surface area contributed by atoms with Crippen LogP contribution in [0.4, 0.5) is 10.5 Å². The summed E-state index contributed by atoms with van der Waals surface area (Å²) in [6.45, 7) is 3.74. The Labute approximate surface area is 231 Å². The van der Waals surface area contributed by atoms with E-state index in [1.54, 1.807) is 4.90 Å². The molecule has 196 valence electrons. The fourth-order valence-corrected chi connectivity index (χ4v) is 4.65. The lowest BCUT2D eigenvalue weighted by Crippen LogP contribution is -2.41. The third kappa shape index (κ3) is 7.32. The molecule has 4 rings (SSSR count). The fraction of sp³-hybridized carbons (Fsp3) is 0.233. The average molecular weight is 577 g/mol. The second kappa shape index (κ2) is 13.6. The van der Waals surface area contributed by atoms with Crippen LogP contribution in [0.5, 0.6) is 5.75 Å². The van der Waals surface area contributed by atoms with Crippen molar-refractivity contribution >= 4 is 44.4 Å². The van der Waals surface area contributed by atoms with Crippen LogP contribution in [-0.2, 0) is 11.3 Å². The zero-order valence-electron chi connectivity index (χ0n) is 21.3. The minimum atomic E-state index is -0.560. The number of amides is 2. The van der Waals surface area contributed by atoms with Gasteiger partial charge < -0.3 is 19.7 Å². The predicted octanol–water partition coefficient (Wildman–Crippen LogP) is 5.75. The number of ether oxygens (including phenoxy) is 2. The molecule has 0 bridgehead atoms. The van der Waals surface area contributed by atoms with Gasteiger partial charge in [0, 0.05) is 30.6 Å². The molecule has 0 atom stereocenters. The Kier molecular flexibility index (Phi) is 9.70. The summed E-state index contributed by atoms with van der Waals surface area (Å²) in [5, 5.41) is 4.83. The van der Waals surface area contributed by atoms with E-state index in [1.807, 2.05) is 95.8 Å². The Morgan fingerprint density at radius 1 is 0.947 bits per heavy atom. The molecule has 0 spiro atoms. The molecule has 0 saturated carbocycles. The van der Waals surface area contributed by atoms with Crippen LogP contribution in [0.1, 0.15) is 23.7 Å². The lowest BCUT2D eigenvalue weighted by Gasteiger charge is -2.23. The van der Waals surface area contributed by atoms with E-state index in [0.29, 0.717) is 5.56 Å². The molecule has 0 aliphatic heterocycles. The highest BCUT2D eigenvalue weighted by Gasteiger charge is 2.21. The van der Waals surface area contributed by atoms with Crippen LogP contribution >= 0.6 is 15.9 Å². The molecular weight excluding hydrogens is 546 g/mol. The molecule has 0 unspecified atom stereocenters. The summed E-state index contributed by atoms with van der Waals surface area (Å²) < 4.78 is 13.9. The number of carbonyl (C=O) groups excluding carboxylic acids is 2. The van der Waals surface area contributed by atoms with Crippen LogP contribution in [-0.4, -0.2) is 38.3 Å². The first kappa shape index (κ1) is 27.1. The summed E-state index contributed by atoms with van der Waals surface area (Å²) in [4.78, 5) is 27.4. The van der Waals surface area contributed by atoms with Crippen molar-refractivity contribution in [3.63, 3.8) is 0 Å². The van der Waals surface area contributed by atoms with E-state index in [4.69, 9.17) is 9.47 Å². The number of aromatic nitrogens is 1. The smallest absolute Gasteiger partial charge is 0.407 e. The number of carbonyl (C=O) groups is 2. The highest BCUT2D eigenvalue weighted by molar-refractivity contribution is 9.10. The largest absolute Gasteiger partial charge is 0.489 e. The predicted molar refractivity (Wildman–Crippen MR) is 152 cm³/mol. The molecule has 0 aliphatic carbocycles. The molecule has 2 amide bonds. The van der Waals surface area contributed by atoms with Crippen molar-refractivity contribution in [3.8, 4) is 5.75 Å². The van der Waals surface area contributed by atoms with Crippen molar-refractivity contribution in [2.24, 2.45) is 0 Å². The Balaban J connectivity index is 1.31. The molecule has 38 heavy (non-hydrogen) atoms. The standard InChI is InChI=1S/C30H30BrN3O4/c1-2-16-33-21-24(20-25(31)22-33)29(35)34(26-11-4-3-5-12-26)17-15-32-30(36)38-19-18-37-28-14-8-10-23-9-6-7-13-27(23)28/h3-14,20-22H,2,15-19H2,1H3/p+1. The maximum absolute atomic E-state index is 13.5. The van der Waals surface area contributed by atoms with Gasteiger partial charge in [-0.05, 0) is 45.6 Å². The molecule has 4 aromatic rings. The third-order valence-electron chi connectivity index (χ3n) is 5.86. The number of aryl methyl sites for hydroxylation is 1. The zero-order chi connectivity index (χ0) is 26.7. The van der Waals surface area contributed by atoms with Gasteiger partial charge in [-0.15, -0.1) is 0 Å². The third-order valence-corrected chi connectivity index (χ3v) is 6.29. The number of halogens is 1. The normalized spacial score (nSPS) is 10.7. The summed E-state index contributed by atoms with van der Waals surface area (Å²) in [6.07, 6.45) is 4.20. The molecule has 0 fully saturated rings. The van der Waals surface area contributed by atoms with Gasteiger partial charge in [-0.3, -0.25) is 4.79 Å². The van der Waals surface area contributed by atoms with E-state index in [1.165, 1.54) is 0 Å². The average Bonchev–Trinajstić information content (AvgIpc) is 2.93. The van der Waals surface area contributed by atoms with Crippen LogP contribution in [0, 0.1) is 0 Å². The number of anilines is 1. The number of alkyl carbamates (subject to hydrolysis) is 1. The first-order chi connectivity index (χ1) is 18.5. The van der Waals surface area contributed by atoms with Crippen molar-refractivity contribution in [3.05, 3.63) is 101 Å². The summed E-state index contributed by atoms with van der Waals surface area (Å²) >= 11 is 3.51. The molecule has 8 heteroatoms. The SMILES string of the molecule is CCC[n+]1cc(Br)cc(C(=O)N(CCNC(=O)OCCOc2cccc3ccccc23)c2ccccc2)c1. The Morgan fingerprint density at radius 3 is 2.53 bits per heavy atom. The molecule has 7 nitrogen and oxygen atoms in total. The molecule has 1 N–H and O–H groups in total. The summed E-state index contributed by atoms with van der Waals surface area (Å²) in [7, 11) is 0. The molecule has 1 heterocycles. The maximum atomic E-state index is 13.5. The van der Waals surface area contributed by atoms with E-state index in [0.717, 1.165) is 39.6 Å². The van der Waals surface area contributed by atoms with E-state index in [9.17, 15) is 9.59 Å². The summed E-state index contributed by atoms with van der Waals surface area (Å²) in [5.41, 5.74) is 1.31. The minimum Gasteiger partial charge on any atom is -0.489 e. The van der Waals surface area contributed by atoms with Gasteiger partial charge in [0.2, 0.25) is 0 Å². The van der Waals surface area contributed by atoms with Gasteiger partial charge in [-0.2, -0.15) is 0 Å². The summed E-state index contributed by atoms with van der Waals surface area (Å²) in [5.74, 6) is 0.595. The van der Waals surface area contributed by atoms with Gasteiger partial charge >= 0.3 is 6.09 Å². The number of fused-ring (bicyclic) bond motifs is 1. The maximum Gasteiger partial charge on any atom is 0.407 e. The second-order valence-corrected chi connectivity index (χ2v) is 9.58. The van der Waals surface area contributed by atoms with Crippen LogP contribution in [0.25, 0.3) is 10.8 Å². The van der Waals surface area contributed by atoms with Gasteiger partial charge in [0.1, 0.15) is 31.1 Å². The number of benzene rings is 3. The highest BCUT2D eigenvalue weighted by atomic mass is 79.9. The van der Waals surface area contributed by atoms with Crippen LogP contribution in [0.3, 0.4) is 0 Å². The van der Waals surface area contributed by atoms with Gasteiger partial charge in [0.15, 0.2) is 12.4 Å². The molecular formula is C30H31BrN3O4+. The minimum absolute atomic E-state index is 0.103. The van der Waals surface area contributed by atoms with Crippen molar-refractivity contribution in [1.29, 1.82) is 0 Å². The first-order valence-electron chi connectivity index (χ1n) is 12.6. The van der Waals surface area contributed by atoms with E-state index in [-0.39, 0.29) is 32.2 Å². The van der Waals surface area contributed by atoms with Crippen molar-refractivity contribution in [2.75, 3.05) is 31.2 Å². The number of pyridine rings is 1. The molecule has 0 aliphatic rings. The number of nitrogens with zero attached hydrogens (tertiary/aromatic N) is 2. The number of hydrogen-bond donors (Lipinski definition) is 1. The Hall–Kier alpha value is -3.91. The van der Waals surface area contributed by atoms with E-state index < -0.39 is 6.09 Å². The lowest BCUT2D eigenvalue weighted by molar-refractivity contribution is -0.697. The van der Waals surface area contributed by atoms with Gasteiger partial charge in [-0.25, -0.2) is 9.36 Å². The van der Waals surface area contributed by atoms with Gasteiger partial charge in [0.25, 0.3) is 5.91 Å². The Bertz CT molecular complexity index is 1380. The Morgan fingerprint density at radius 2 is 1.71 bits per heavy atom. The lowest BCUT2D eigenvalue weighted by atomic mass is 10.1. The molecule has 3 aromatic carbocycles. The van der Waals surface area contributed by atoms with Crippen molar-refractivity contribution in [2.45, 2.75) is 19.9 Å². The highest BCUT2D eigenvalue weighted by Crippen LogP contribution is 2.25. The zero-order valence-corrected chi connectivity index (χ0v) is 22.9. The molecule has 0 saturated heterocycles. The summed E-state index contributed by atoms with van der Waals surface area (Å²) in [6, 6.07) is 25.0. The quantitative estimate of drug-likeness (QED) is 0.182. The fourth-order valence-electron chi connectivity index (χ4n) is 4.14. The van der Waals surface area contributed by atoms with Crippen molar-refractivity contribution in [1.82, 2.24) is 5.32 Å². The second-order valence-electron chi connectivity index (χ2n) is 8.66. The van der Waals surface area contributed by atoms with E-state index in [2.05, 4.69) is 28.2 Å². The van der Waals surface area contributed by atoms with Gasteiger partial charge in [-0.1, -0.05) is 61.5 Å². The number of nitrogens with one attached hydrogen (secondary N) is 1. The van der Waals surface area contributed by atoms with Crippen LogP contribution < -0.4 is 19.5 Å². The van der Waals surface area contributed by atoms with E-state index >= 15 is 0 Å². The first-order valence-corrected chi connectivity index (χ1v) is 13.4. The van der Waals surface area contributed by atoms with Crippen molar-refractivity contribution < 1.29 is 23.6 Å². The number of para-hydroxylation sites is 1. The number of hydrogen-bond acceptors (Lipinski definition) is 4. The van der Waals surface area contributed by atoms with Gasteiger partial charge in [0.05, 0.1) is 4.47 Å². The monoisotopic (exact) mass is 576 g/mol. The topological polar surface area (TPSA) is 71.8 Å². The van der Waals surface area contributed by atoms with Crippen LogP contribution in [0.2, 0.25) is 0 Å². The molecule has 0 radical (unpaired) electrons. The van der Waals surface area contributed by atoms with Crippen LogP contribution in [0.15, 0.2) is 95.7 Å². The number of rotatable bonds is 11. The molecule has 1 aromatic heterocycles.